The van der Waals surface area contributed by atoms with Crippen LogP contribution in [0.5, 0.6) is 0 Å². The molecule has 0 aromatic heterocycles. The number of methoxy groups -OCH3 is 1. The second-order valence-electron chi connectivity index (χ2n) is 3.98. The molecule has 16 heavy (non-hydrogen) atoms. The molecule has 1 aliphatic rings. The van der Waals surface area contributed by atoms with Crippen molar-refractivity contribution >= 4 is 12.0 Å². The number of hydrogen-bond acceptors (Lipinski definition) is 4. The molecule has 1 rings (SSSR count). The SMILES string of the molecule is COC(=O)[C@H](C)NC(=O)N1CCN(C)CC1. The van der Waals surface area contributed by atoms with Crippen molar-refractivity contribution in [3.8, 4) is 0 Å². The summed E-state index contributed by atoms with van der Waals surface area (Å²) < 4.78 is 4.54. The van der Waals surface area contributed by atoms with Crippen molar-refractivity contribution in [2.24, 2.45) is 0 Å². The van der Waals surface area contributed by atoms with Gasteiger partial charge < -0.3 is 19.9 Å². The Morgan fingerprint density at radius 1 is 1.25 bits per heavy atom. The Morgan fingerprint density at radius 3 is 2.31 bits per heavy atom. The summed E-state index contributed by atoms with van der Waals surface area (Å²) in [7, 11) is 3.33. The first-order chi connectivity index (χ1) is 7.54. The molecule has 1 heterocycles. The number of likely N-dealkylation sites (N-methyl/N-ethyl adjacent to an activating group) is 1. The van der Waals surface area contributed by atoms with Gasteiger partial charge in [0.05, 0.1) is 7.11 Å². The summed E-state index contributed by atoms with van der Waals surface area (Å²) in [6.45, 7) is 4.71. The van der Waals surface area contributed by atoms with Crippen LogP contribution in [0, 0.1) is 0 Å². The maximum atomic E-state index is 11.7. The first-order valence-corrected chi connectivity index (χ1v) is 5.36. The highest BCUT2D eigenvalue weighted by Crippen LogP contribution is 2.00. The predicted molar refractivity (Wildman–Crippen MR) is 59.1 cm³/mol. The number of esters is 1. The summed E-state index contributed by atoms with van der Waals surface area (Å²) in [5.74, 6) is -0.428. The highest BCUT2D eigenvalue weighted by molar-refractivity contribution is 5.83. The number of carbonyl (C=O) groups is 2. The van der Waals surface area contributed by atoms with Gasteiger partial charge in [-0.2, -0.15) is 0 Å². The van der Waals surface area contributed by atoms with E-state index in [1.807, 2.05) is 7.05 Å². The first-order valence-electron chi connectivity index (χ1n) is 5.36. The Morgan fingerprint density at radius 2 is 1.81 bits per heavy atom. The summed E-state index contributed by atoms with van der Waals surface area (Å²) in [6, 6.07) is -0.803. The van der Waals surface area contributed by atoms with Crippen molar-refractivity contribution in [1.29, 1.82) is 0 Å². The average molecular weight is 229 g/mol. The number of carbonyl (C=O) groups excluding carboxylic acids is 2. The van der Waals surface area contributed by atoms with E-state index in [4.69, 9.17) is 0 Å². The number of rotatable bonds is 2. The fraction of sp³-hybridized carbons (Fsp3) is 0.800. The summed E-state index contributed by atoms with van der Waals surface area (Å²) in [4.78, 5) is 26.7. The molecule has 0 aromatic rings. The van der Waals surface area contributed by atoms with E-state index in [1.165, 1.54) is 7.11 Å². The molecule has 1 N–H and O–H groups in total. The standard InChI is InChI=1S/C10H19N3O3/c1-8(9(14)16-3)11-10(15)13-6-4-12(2)5-7-13/h8H,4-7H2,1-3H3,(H,11,15)/t8-/m0/s1. The second-order valence-corrected chi connectivity index (χ2v) is 3.98. The third kappa shape index (κ3) is 3.37. The van der Waals surface area contributed by atoms with E-state index in [0.717, 1.165) is 13.1 Å². The predicted octanol–water partition coefficient (Wildman–Crippen LogP) is -0.495. The zero-order chi connectivity index (χ0) is 12.1. The van der Waals surface area contributed by atoms with Crippen LogP contribution in [0.4, 0.5) is 4.79 Å². The van der Waals surface area contributed by atoms with Crippen LogP contribution in [0.1, 0.15) is 6.92 Å². The number of nitrogens with one attached hydrogen (secondary N) is 1. The first kappa shape index (κ1) is 12.8. The monoisotopic (exact) mass is 229 g/mol. The number of urea groups is 1. The maximum absolute atomic E-state index is 11.7. The zero-order valence-corrected chi connectivity index (χ0v) is 10.0. The lowest BCUT2D eigenvalue weighted by atomic mass is 10.3. The van der Waals surface area contributed by atoms with Gasteiger partial charge in [-0.15, -0.1) is 0 Å². The third-order valence-electron chi connectivity index (χ3n) is 2.69. The molecule has 0 unspecified atom stereocenters. The molecule has 6 nitrogen and oxygen atoms in total. The molecule has 0 spiro atoms. The molecule has 1 saturated heterocycles. The molecule has 0 radical (unpaired) electrons. The Bertz CT molecular complexity index is 262. The van der Waals surface area contributed by atoms with Crippen LogP contribution < -0.4 is 5.32 Å². The quantitative estimate of drug-likeness (QED) is 0.649. The van der Waals surface area contributed by atoms with Crippen LogP contribution in [0.15, 0.2) is 0 Å². The largest absolute Gasteiger partial charge is 0.467 e. The van der Waals surface area contributed by atoms with Crippen molar-refractivity contribution in [3.63, 3.8) is 0 Å². The molecule has 1 atom stereocenters. The maximum Gasteiger partial charge on any atom is 0.328 e. The molecule has 0 saturated carbocycles. The van der Waals surface area contributed by atoms with Crippen molar-refractivity contribution in [1.82, 2.24) is 15.1 Å². The minimum Gasteiger partial charge on any atom is -0.467 e. The number of amides is 2. The normalized spacial score (nSPS) is 19.1. The van der Waals surface area contributed by atoms with E-state index in [1.54, 1.807) is 11.8 Å². The van der Waals surface area contributed by atoms with Crippen molar-refractivity contribution in [2.45, 2.75) is 13.0 Å². The summed E-state index contributed by atoms with van der Waals surface area (Å²) in [5.41, 5.74) is 0. The van der Waals surface area contributed by atoms with Crippen LogP contribution in [0.3, 0.4) is 0 Å². The fourth-order valence-electron chi connectivity index (χ4n) is 1.52. The highest BCUT2D eigenvalue weighted by Gasteiger charge is 2.22. The van der Waals surface area contributed by atoms with Gasteiger partial charge in [0.25, 0.3) is 0 Å². The smallest absolute Gasteiger partial charge is 0.328 e. The average Bonchev–Trinajstić information content (AvgIpc) is 2.28. The van der Waals surface area contributed by atoms with Crippen molar-refractivity contribution in [2.75, 3.05) is 40.3 Å². The second kappa shape index (κ2) is 5.69. The third-order valence-corrected chi connectivity index (χ3v) is 2.69. The minimum absolute atomic E-state index is 0.203. The Hall–Kier alpha value is -1.30. The number of hydrogen-bond donors (Lipinski definition) is 1. The molecule has 6 heteroatoms. The van der Waals surface area contributed by atoms with Crippen LogP contribution in [0.25, 0.3) is 0 Å². The van der Waals surface area contributed by atoms with E-state index in [-0.39, 0.29) is 6.03 Å². The van der Waals surface area contributed by atoms with Crippen LogP contribution in [0.2, 0.25) is 0 Å². The van der Waals surface area contributed by atoms with Gasteiger partial charge in [-0.25, -0.2) is 9.59 Å². The fourth-order valence-corrected chi connectivity index (χ4v) is 1.52. The van der Waals surface area contributed by atoms with Crippen LogP contribution >= 0.6 is 0 Å². The Balaban J connectivity index is 2.37. The van der Waals surface area contributed by atoms with Gasteiger partial charge >= 0.3 is 12.0 Å². The van der Waals surface area contributed by atoms with E-state index < -0.39 is 12.0 Å². The molecule has 1 aliphatic heterocycles. The number of nitrogens with zero attached hydrogens (tertiary/aromatic N) is 2. The number of ether oxygens (including phenoxy) is 1. The molecule has 92 valence electrons. The van der Waals surface area contributed by atoms with Crippen LogP contribution in [-0.2, 0) is 9.53 Å². The van der Waals surface area contributed by atoms with Gasteiger partial charge in [0.15, 0.2) is 0 Å². The van der Waals surface area contributed by atoms with Gasteiger partial charge in [-0.05, 0) is 14.0 Å². The minimum atomic E-state index is -0.600. The Labute approximate surface area is 95.5 Å². The molecule has 0 aliphatic carbocycles. The molecule has 1 fully saturated rings. The molecule has 0 aromatic carbocycles. The van der Waals surface area contributed by atoms with Crippen molar-refractivity contribution < 1.29 is 14.3 Å². The van der Waals surface area contributed by atoms with E-state index in [9.17, 15) is 9.59 Å². The number of piperazine rings is 1. The lowest BCUT2D eigenvalue weighted by molar-refractivity contribution is -0.142. The highest BCUT2D eigenvalue weighted by atomic mass is 16.5. The summed E-state index contributed by atoms with van der Waals surface area (Å²) in [5, 5.41) is 2.61. The summed E-state index contributed by atoms with van der Waals surface area (Å²) >= 11 is 0. The topological polar surface area (TPSA) is 61.9 Å². The van der Waals surface area contributed by atoms with Crippen LogP contribution in [-0.4, -0.2) is 68.2 Å². The lowest BCUT2D eigenvalue weighted by Gasteiger charge is -2.32. The summed E-state index contributed by atoms with van der Waals surface area (Å²) in [6.07, 6.45) is 0. The zero-order valence-electron chi connectivity index (χ0n) is 10.0. The lowest BCUT2D eigenvalue weighted by Crippen LogP contribution is -2.53. The van der Waals surface area contributed by atoms with E-state index >= 15 is 0 Å². The van der Waals surface area contributed by atoms with E-state index in [0.29, 0.717) is 13.1 Å². The van der Waals surface area contributed by atoms with Gasteiger partial charge in [-0.3, -0.25) is 0 Å². The molecule has 0 bridgehead atoms. The van der Waals surface area contributed by atoms with E-state index in [2.05, 4.69) is 15.0 Å². The van der Waals surface area contributed by atoms with Crippen molar-refractivity contribution in [3.05, 3.63) is 0 Å². The van der Waals surface area contributed by atoms with Gasteiger partial charge in [-0.1, -0.05) is 0 Å². The van der Waals surface area contributed by atoms with Gasteiger partial charge in [0.2, 0.25) is 0 Å². The van der Waals surface area contributed by atoms with Gasteiger partial charge in [0, 0.05) is 26.2 Å². The molecular weight excluding hydrogens is 210 g/mol. The van der Waals surface area contributed by atoms with Gasteiger partial charge in [0.1, 0.15) is 6.04 Å². The Kier molecular flexibility index (Phi) is 4.54. The molecular formula is C10H19N3O3. The molecule has 2 amide bonds.